The minimum Gasteiger partial charge on any atom is -0.385 e. The van der Waals surface area contributed by atoms with Gasteiger partial charge in [-0.15, -0.1) is 0 Å². The normalized spacial score (nSPS) is 10.6. The highest BCUT2D eigenvalue weighted by molar-refractivity contribution is 6.06. The molecule has 0 aliphatic heterocycles. The molecule has 26 heavy (non-hydrogen) atoms. The summed E-state index contributed by atoms with van der Waals surface area (Å²) in [5.74, 6) is -0.112. The molecule has 0 bridgehead atoms. The van der Waals surface area contributed by atoms with Gasteiger partial charge in [0.1, 0.15) is 0 Å². The molecule has 1 heterocycles. The molecule has 1 aromatic carbocycles. The number of pyridine rings is 1. The van der Waals surface area contributed by atoms with E-state index in [1.807, 2.05) is 44.2 Å². The summed E-state index contributed by atoms with van der Waals surface area (Å²) in [6, 6.07) is 9.54. The van der Waals surface area contributed by atoms with Gasteiger partial charge >= 0.3 is 0 Å². The summed E-state index contributed by atoms with van der Waals surface area (Å²) in [6.45, 7) is 5.59. The number of unbranched alkanes of at least 4 members (excludes halogenated alkanes) is 4. The van der Waals surface area contributed by atoms with Gasteiger partial charge in [-0.2, -0.15) is 0 Å². The van der Waals surface area contributed by atoms with Gasteiger partial charge in [0, 0.05) is 23.5 Å². The molecule has 5 heteroatoms. The van der Waals surface area contributed by atoms with Crippen LogP contribution in [0, 0.1) is 13.8 Å². The highest BCUT2D eigenvalue weighted by Crippen LogP contribution is 2.20. The number of anilines is 2. The van der Waals surface area contributed by atoms with Crippen molar-refractivity contribution in [3.05, 3.63) is 53.3 Å². The van der Waals surface area contributed by atoms with Gasteiger partial charge in [0.15, 0.2) is 0 Å². The number of hydrogen-bond acceptors (Lipinski definition) is 4. The van der Waals surface area contributed by atoms with Gasteiger partial charge in [0.25, 0.3) is 5.91 Å². The molecule has 0 spiro atoms. The Kier molecular flexibility index (Phi) is 8.09. The lowest BCUT2D eigenvalue weighted by Gasteiger charge is -2.13. The van der Waals surface area contributed by atoms with Gasteiger partial charge in [0.2, 0.25) is 0 Å². The second kappa shape index (κ2) is 10.6. The number of rotatable bonds is 10. The van der Waals surface area contributed by atoms with Crippen molar-refractivity contribution in [1.29, 1.82) is 0 Å². The number of benzene rings is 1. The first-order chi connectivity index (χ1) is 12.6. The maximum Gasteiger partial charge on any atom is 0.256 e. The fraction of sp³-hybridized carbons (Fsp3) is 0.429. The number of nitrogens with one attached hydrogen (secondary N) is 2. The maximum absolute atomic E-state index is 12.6. The maximum atomic E-state index is 12.6. The van der Waals surface area contributed by atoms with Crippen LogP contribution in [0.4, 0.5) is 11.4 Å². The van der Waals surface area contributed by atoms with Crippen LogP contribution >= 0.6 is 0 Å². The van der Waals surface area contributed by atoms with E-state index in [4.69, 9.17) is 5.73 Å². The van der Waals surface area contributed by atoms with Crippen LogP contribution in [0.25, 0.3) is 0 Å². The highest BCUT2D eigenvalue weighted by Gasteiger charge is 2.12. The summed E-state index contributed by atoms with van der Waals surface area (Å²) < 4.78 is 0. The first kappa shape index (κ1) is 19.9. The summed E-state index contributed by atoms with van der Waals surface area (Å²) in [6.07, 6.45) is 7.54. The van der Waals surface area contributed by atoms with Gasteiger partial charge < -0.3 is 16.4 Å². The average molecular weight is 354 g/mol. The van der Waals surface area contributed by atoms with E-state index in [2.05, 4.69) is 15.6 Å². The summed E-state index contributed by atoms with van der Waals surface area (Å²) in [7, 11) is 0. The molecule has 0 radical (unpaired) electrons. The first-order valence-electron chi connectivity index (χ1n) is 9.39. The van der Waals surface area contributed by atoms with E-state index in [1.54, 1.807) is 6.20 Å². The fourth-order valence-corrected chi connectivity index (χ4v) is 2.84. The predicted molar refractivity (Wildman–Crippen MR) is 109 cm³/mol. The Bertz CT molecular complexity index is 698. The minimum absolute atomic E-state index is 0.112. The Labute approximate surface area is 156 Å². The number of carbonyl (C=O) groups excluding carboxylic acids is 1. The van der Waals surface area contributed by atoms with Gasteiger partial charge in [-0.3, -0.25) is 9.78 Å². The van der Waals surface area contributed by atoms with Crippen molar-refractivity contribution in [3.8, 4) is 0 Å². The van der Waals surface area contributed by atoms with Gasteiger partial charge in [-0.05, 0) is 63.1 Å². The minimum atomic E-state index is -0.112. The van der Waals surface area contributed by atoms with Gasteiger partial charge in [-0.25, -0.2) is 0 Å². The highest BCUT2D eigenvalue weighted by atomic mass is 16.1. The van der Waals surface area contributed by atoms with Crippen molar-refractivity contribution in [2.75, 3.05) is 23.7 Å². The zero-order valence-corrected chi connectivity index (χ0v) is 15.8. The molecule has 0 fully saturated rings. The largest absolute Gasteiger partial charge is 0.385 e. The SMILES string of the molecule is Cc1ccc(NC(=O)c2cccc(NCCCCCCCN)c2C)cn1. The lowest BCUT2D eigenvalue weighted by atomic mass is 10.1. The Morgan fingerprint density at radius 1 is 1.04 bits per heavy atom. The molecule has 4 N–H and O–H groups in total. The molecule has 1 aromatic heterocycles. The molecular formula is C21H30N4O. The standard InChI is InChI=1S/C21H30N4O/c1-16-11-12-18(15-24-16)25-21(26)19-9-8-10-20(17(19)2)23-14-7-5-3-4-6-13-22/h8-12,15,23H,3-7,13-14,22H2,1-2H3,(H,25,26). The van der Waals surface area contributed by atoms with Crippen LogP contribution in [0.3, 0.4) is 0 Å². The number of aromatic nitrogens is 1. The second-order valence-electron chi connectivity index (χ2n) is 6.60. The molecule has 0 unspecified atom stereocenters. The average Bonchev–Trinajstić information content (AvgIpc) is 2.64. The molecule has 0 atom stereocenters. The zero-order valence-electron chi connectivity index (χ0n) is 15.8. The van der Waals surface area contributed by atoms with Crippen molar-refractivity contribution in [3.63, 3.8) is 0 Å². The predicted octanol–water partition coefficient (Wildman–Crippen LogP) is 4.27. The molecular weight excluding hydrogens is 324 g/mol. The Hall–Kier alpha value is -2.40. The summed E-state index contributed by atoms with van der Waals surface area (Å²) >= 11 is 0. The first-order valence-corrected chi connectivity index (χ1v) is 9.39. The summed E-state index contributed by atoms with van der Waals surface area (Å²) in [5, 5.41) is 6.36. The number of amides is 1. The van der Waals surface area contributed by atoms with E-state index in [1.165, 1.54) is 19.3 Å². The third kappa shape index (κ3) is 6.15. The van der Waals surface area contributed by atoms with Crippen LogP contribution < -0.4 is 16.4 Å². The number of nitrogens with two attached hydrogens (primary N) is 1. The number of carbonyl (C=O) groups is 1. The van der Waals surface area contributed by atoms with E-state index in [-0.39, 0.29) is 5.91 Å². The molecule has 5 nitrogen and oxygen atoms in total. The number of aryl methyl sites for hydroxylation is 1. The van der Waals surface area contributed by atoms with E-state index in [0.717, 1.165) is 42.9 Å². The second-order valence-corrected chi connectivity index (χ2v) is 6.60. The molecule has 0 saturated carbocycles. The molecule has 0 saturated heterocycles. The third-order valence-electron chi connectivity index (χ3n) is 4.44. The molecule has 0 aliphatic rings. The molecule has 0 aliphatic carbocycles. The lowest BCUT2D eigenvalue weighted by molar-refractivity contribution is 0.102. The van der Waals surface area contributed by atoms with Crippen LogP contribution in [0.1, 0.15) is 53.7 Å². The summed E-state index contributed by atoms with van der Waals surface area (Å²) in [4.78, 5) is 16.8. The quantitative estimate of drug-likeness (QED) is 0.557. The van der Waals surface area contributed by atoms with Crippen LogP contribution in [0.5, 0.6) is 0 Å². The van der Waals surface area contributed by atoms with E-state index in [0.29, 0.717) is 11.3 Å². The molecule has 1 amide bonds. The Balaban J connectivity index is 1.89. The third-order valence-corrected chi connectivity index (χ3v) is 4.44. The van der Waals surface area contributed by atoms with Crippen LogP contribution in [-0.2, 0) is 0 Å². The van der Waals surface area contributed by atoms with Crippen LogP contribution in [0.15, 0.2) is 36.5 Å². The topological polar surface area (TPSA) is 80.0 Å². The van der Waals surface area contributed by atoms with Gasteiger partial charge in [0.05, 0.1) is 11.9 Å². The lowest BCUT2D eigenvalue weighted by Crippen LogP contribution is -2.15. The van der Waals surface area contributed by atoms with Crippen LogP contribution in [-0.4, -0.2) is 24.0 Å². The van der Waals surface area contributed by atoms with E-state index in [9.17, 15) is 4.79 Å². The number of hydrogen-bond donors (Lipinski definition) is 3. The van der Waals surface area contributed by atoms with Gasteiger partial charge in [-0.1, -0.05) is 25.3 Å². The Morgan fingerprint density at radius 2 is 1.81 bits per heavy atom. The monoisotopic (exact) mass is 354 g/mol. The van der Waals surface area contributed by atoms with Crippen molar-refractivity contribution >= 4 is 17.3 Å². The smallest absolute Gasteiger partial charge is 0.256 e. The van der Waals surface area contributed by atoms with Crippen LogP contribution in [0.2, 0.25) is 0 Å². The van der Waals surface area contributed by atoms with Crippen molar-refractivity contribution in [1.82, 2.24) is 4.98 Å². The van der Waals surface area contributed by atoms with Crippen molar-refractivity contribution in [2.45, 2.75) is 46.0 Å². The van der Waals surface area contributed by atoms with E-state index >= 15 is 0 Å². The number of nitrogens with zero attached hydrogens (tertiary/aromatic N) is 1. The van der Waals surface area contributed by atoms with Crippen molar-refractivity contribution < 1.29 is 4.79 Å². The Morgan fingerprint density at radius 3 is 2.54 bits per heavy atom. The molecule has 2 aromatic rings. The van der Waals surface area contributed by atoms with E-state index < -0.39 is 0 Å². The van der Waals surface area contributed by atoms with Crippen molar-refractivity contribution in [2.24, 2.45) is 5.73 Å². The molecule has 140 valence electrons. The molecule has 2 rings (SSSR count). The zero-order chi connectivity index (χ0) is 18.8. The fourth-order valence-electron chi connectivity index (χ4n) is 2.84. The summed E-state index contributed by atoms with van der Waals surface area (Å²) in [5.41, 5.74) is 9.80.